The number of nitrogens with zero attached hydrogens (tertiary/aromatic N) is 1. The van der Waals surface area contributed by atoms with Crippen LogP contribution >= 0.6 is 23.4 Å². The maximum Gasteiger partial charge on any atom is 0.274 e. The lowest BCUT2D eigenvalue weighted by atomic mass is 10.3. The average Bonchev–Trinajstić information content (AvgIpc) is 2.39. The Morgan fingerprint density at radius 1 is 1.33 bits per heavy atom. The third kappa shape index (κ3) is 3.24. The van der Waals surface area contributed by atoms with Crippen LogP contribution in [0.25, 0.3) is 0 Å². The summed E-state index contributed by atoms with van der Waals surface area (Å²) in [6, 6.07) is 10.8. The highest BCUT2D eigenvalue weighted by molar-refractivity contribution is 7.98. The molecule has 1 amide bonds. The Morgan fingerprint density at radius 2 is 2.17 bits per heavy atom. The smallest absolute Gasteiger partial charge is 0.274 e. The van der Waals surface area contributed by atoms with E-state index in [0.29, 0.717) is 10.7 Å². The molecule has 0 aliphatic carbocycles. The van der Waals surface area contributed by atoms with Crippen molar-refractivity contribution >= 4 is 35.0 Å². The van der Waals surface area contributed by atoms with E-state index in [4.69, 9.17) is 11.6 Å². The lowest BCUT2D eigenvalue weighted by Crippen LogP contribution is -2.13. The van der Waals surface area contributed by atoms with Crippen LogP contribution < -0.4 is 5.32 Å². The van der Waals surface area contributed by atoms with Crippen molar-refractivity contribution < 1.29 is 4.79 Å². The van der Waals surface area contributed by atoms with Crippen LogP contribution in [0.15, 0.2) is 47.5 Å². The van der Waals surface area contributed by atoms with Crippen molar-refractivity contribution in [3.63, 3.8) is 0 Å². The molecule has 0 bridgehead atoms. The first-order valence-electron chi connectivity index (χ1n) is 5.26. The number of halogens is 1. The lowest BCUT2D eigenvalue weighted by Gasteiger charge is -2.06. The van der Waals surface area contributed by atoms with Gasteiger partial charge in [-0.15, -0.1) is 11.8 Å². The van der Waals surface area contributed by atoms with E-state index in [2.05, 4.69) is 10.3 Å². The number of thioether (sulfide) groups is 1. The maximum absolute atomic E-state index is 11.9. The molecule has 3 nitrogen and oxygen atoms in total. The second kappa shape index (κ2) is 5.89. The molecule has 0 saturated heterocycles. The summed E-state index contributed by atoms with van der Waals surface area (Å²) in [6.45, 7) is 0. The van der Waals surface area contributed by atoms with Gasteiger partial charge in [0.05, 0.1) is 0 Å². The minimum atomic E-state index is -0.268. The van der Waals surface area contributed by atoms with Gasteiger partial charge in [-0.3, -0.25) is 9.78 Å². The van der Waals surface area contributed by atoms with Crippen LogP contribution in [0.1, 0.15) is 10.5 Å². The monoisotopic (exact) mass is 278 g/mol. The molecule has 92 valence electrons. The number of hydrogen-bond acceptors (Lipinski definition) is 3. The van der Waals surface area contributed by atoms with Gasteiger partial charge < -0.3 is 5.32 Å². The van der Waals surface area contributed by atoms with Gasteiger partial charge in [0.25, 0.3) is 5.91 Å². The number of carbonyl (C=O) groups is 1. The number of rotatable bonds is 3. The normalized spacial score (nSPS) is 10.1. The highest BCUT2D eigenvalue weighted by Gasteiger charge is 2.08. The van der Waals surface area contributed by atoms with E-state index >= 15 is 0 Å². The second-order valence-corrected chi connectivity index (χ2v) is 4.86. The standard InChI is InChI=1S/C13H11ClN2OS/c1-18-11-4-2-3-10(8-11)16-13(17)12-7-9(14)5-6-15-12/h2-8H,1H3,(H,16,17). The number of nitrogens with one attached hydrogen (secondary N) is 1. The van der Waals surface area contributed by atoms with Gasteiger partial charge in [0, 0.05) is 21.8 Å². The van der Waals surface area contributed by atoms with Gasteiger partial charge in [-0.05, 0) is 36.6 Å². The summed E-state index contributed by atoms with van der Waals surface area (Å²) < 4.78 is 0. The zero-order valence-electron chi connectivity index (χ0n) is 9.68. The summed E-state index contributed by atoms with van der Waals surface area (Å²) in [5.74, 6) is -0.268. The first-order valence-corrected chi connectivity index (χ1v) is 6.86. The SMILES string of the molecule is CSc1cccc(NC(=O)c2cc(Cl)ccn2)c1. The van der Waals surface area contributed by atoms with Crippen molar-refractivity contribution in [2.45, 2.75) is 4.90 Å². The lowest BCUT2D eigenvalue weighted by molar-refractivity contribution is 0.102. The Labute approximate surface area is 115 Å². The molecule has 1 aromatic carbocycles. The summed E-state index contributed by atoms with van der Waals surface area (Å²) in [7, 11) is 0. The summed E-state index contributed by atoms with van der Waals surface area (Å²) in [5, 5.41) is 3.28. The quantitative estimate of drug-likeness (QED) is 0.870. The summed E-state index contributed by atoms with van der Waals surface area (Å²) in [6.07, 6.45) is 3.50. The number of anilines is 1. The van der Waals surface area contributed by atoms with E-state index in [1.54, 1.807) is 17.8 Å². The van der Waals surface area contributed by atoms with Crippen LogP contribution in [-0.4, -0.2) is 17.1 Å². The number of benzene rings is 1. The van der Waals surface area contributed by atoms with Crippen LogP contribution in [0, 0.1) is 0 Å². The molecule has 0 saturated carbocycles. The van der Waals surface area contributed by atoms with Crippen molar-refractivity contribution in [3.8, 4) is 0 Å². The third-order valence-corrected chi connectivity index (χ3v) is 3.24. The Bertz CT molecular complexity index is 574. The molecule has 5 heteroatoms. The summed E-state index contributed by atoms with van der Waals surface area (Å²) in [4.78, 5) is 17.0. The Kier molecular flexibility index (Phi) is 4.23. The van der Waals surface area contributed by atoms with E-state index in [0.717, 1.165) is 10.6 Å². The Hall–Kier alpha value is -1.52. The van der Waals surface area contributed by atoms with E-state index in [9.17, 15) is 4.79 Å². The number of pyridine rings is 1. The minimum absolute atomic E-state index is 0.268. The molecule has 0 spiro atoms. The van der Waals surface area contributed by atoms with Crippen molar-refractivity contribution in [3.05, 3.63) is 53.3 Å². The fourth-order valence-corrected chi connectivity index (χ4v) is 2.04. The van der Waals surface area contributed by atoms with Gasteiger partial charge in [-0.1, -0.05) is 17.7 Å². The molecule has 2 aromatic rings. The van der Waals surface area contributed by atoms with Crippen LogP contribution in [0.3, 0.4) is 0 Å². The van der Waals surface area contributed by atoms with Crippen molar-refractivity contribution in [2.75, 3.05) is 11.6 Å². The van der Waals surface area contributed by atoms with Gasteiger partial charge >= 0.3 is 0 Å². The summed E-state index contributed by atoms with van der Waals surface area (Å²) >= 11 is 7.44. The molecule has 1 aromatic heterocycles. The van der Waals surface area contributed by atoms with Crippen LogP contribution in [0.5, 0.6) is 0 Å². The molecular weight excluding hydrogens is 268 g/mol. The van der Waals surface area contributed by atoms with Crippen LogP contribution in [0.2, 0.25) is 5.02 Å². The van der Waals surface area contributed by atoms with Crippen LogP contribution in [0.4, 0.5) is 5.69 Å². The largest absolute Gasteiger partial charge is 0.321 e. The van der Waals surface area contributed by atoms with Gasteiger partial charge in [0.1, 0.15) is 5.69 Å². The number of carbonyl (C=O) groups excluding carboxylic acids is 1. The van der Waals surface area contributed by atoms with Gasteiger partial charge in [-0.25, -0.2) is 0 Å². The molecule has 0 atom stereocenters. The Balaban J connectivity index is 2.16. The average molecular weight is 279 g/mol. The molecular formula is C13H11ClN2OS. The molecule has 2 rings (SSSR count). The predicted octanol–water partition coefficient (Wildman–Crippen LogP) is 3.71. The minimum Gasteiger partial charge on any atom is -0.321 e. The van der Waals surface area contributed by atoms with Gasteiger partial charge in [0.2, 0.25) is 0 Å². The van der Waals surface area contributed by atoms with Gasteiger partial charge in [0.15, 0.2) is 0 Å². The number of aromatic nitrogens is 1. The zero-order chi connectivity index (χ0) is 13.0. The molecule has 1 N–H and O–H groups in total. The van der Waals surface area contributed by atoms with E-state index in [1.807, 2.05) is 30.5 Å². The molecule has 18 heavy (non-hydrogen) atoms. The highest BCUT2D eigenvalue weighted by Crippen LogP contribution is 2.19. The molecule has 1 heterocycles. The fraction of sp³-hybridized carbons (Fsp3) is 0.0769. The number of hydrogen-bond donors (Lipinski definition) is 1. The predicted molar refractivity (Wildman–Crippen MR) is 75.4 cm³/mol. The number of amides is 1. The second-order valence-electron chi connectivity index (χ2n) is 3.55. The topological polar surface area (TPSA) is 42.0 Å². The molecule has 0 unspecified atom stereocenters. The maximum atomic E-state index is 11.9. The third-order valence-electron chi connectivity index (χ3n) is 2.28. The van der Waals surface area contributed by atoms with Gasteiger partial charge in [-0.2, -0.15) is 0 Å². The van der Waals surface area contributed by atoms with E-state index in [-0.39, 0.29) is 5.91 Å². The van der Waals surface area contributed by atoms with Crippen molar-refractivity contribution in [1.82, 2.24) is 4.98 Å². The highest BCUT2D eigenvalue weighted by atomic mass is 35.5. The van der Waals surface area contributed by atoms with Crippen molar-refractivity contribution in [2.24, 2.45) is 0 Å². The van der Waals surface area contributed by atoms with Crippen LogP contribution in [-0.2, 0) is 0 Å². The Morgan fingerprint density at radius 3 is 2.89 bits per heavy atom. The summed E-state index contributed by atoms with van der Waals surface area (Å²) in [5.41, 5.74) is 1.05. The molecule has 0 aliphatic rings. The van der Waals surface area contributed by atoms with E-state index < -0.39 is 0 Å². The van der Waals surface area contributed by atoms with Crippen molar-refractivity contribution in [1.29, 1.82) is 0 Å². The molecule has 0 fully saturated rings. The zero-order valence-corrected chi connectivity index (χ0v) is 11.3. The van der Waals surface area contributed by atoms with E-state index in [1.165, 1.54) is 12.3 Å². The first-order chi connectivity index (χ1) is 8.69. The molecule has 0 radical (unpaired) electrons. The fourth-order valence-electron chi connectivity index (χ4n) is 1.42. The first kappa shape index (κ1) is 12.9. The molecule has 0 aliphatic heterocycles.